The van der Waals surface area contributed by atoms with Crippen LogP contribution >= 0.6 is 28.1 Å². The van der Waals surface area contributed by atoms with Crippen LogP contribution < -0.4 is 20.7 Å². The third kappa shape index (κ3) is 6.77. The van der Waals surface area contributed by atoms with Crippen molar-refractivity contribution in [1.82, 2.24) is 5.32 Å². The van der Waals surface area contributed by atoms with Gasteiger partial charge in [-0.05, 0) is 80.2 Å². The van der Waals surface area contributed by atoms with Gasteiger partial charge in [-0.2, -0.15) is 0 Å². The second-order valence-electron chi connectivity index (χ2n) is 8.32. The van der Waals surface area contributed by atoms with Crippen LogP contribution in [0.2, 0.25) is 0 Å². The van der Waals surface area contributed by atoms with E-state index in [0.29, 0.717) is 29.5 Å². The van der Waals surface area contributed by atoms with Gasteiger partial charge in [0.15, 0.2) is 5.11 Å². The van der Waals surface area contributed by atoms with Gasteiger partial charge in [0.25, 0.3) is 5.91 Å². The molecule has 0 aliphatic heterocycles. The van der Waals surface area contributed by atoms with Crippen molar-refractivity contribution in [2.75, 3.05) is 17.2 Å². The summed E-state index contributed by atoms with van der Waals surface area (Å²) in [5.74, 6) is 0.816. The number of anilines is 2. The number of benzene rings is 2. The molecule has 1 aliphatic carbocycles. The number of hydrogen-bond donors (Lipinski definition) is 3. The summed E-state index contributed by atoms with van der Waals surface area (Å²) in [5, 5.41) is 8.90. The highest BCUT2D eigenvalue weighted by atomic mass is 79.9. The first-order valence-electron chi connectivity index (χ1n) is 10.7. The van der Waals surface area contributed by atoms with Crippen LogP contribution in [-0.4, -0.2) is 23.5 Å². The van der Waals surface area contributed by atoms with Crippen molar-refractivity contribution in [1.29, 1.82) is 0 Å². The lowest BCUT2D eigenvalue weighted by atomic mass is 10.1. The van der Waals surface area contributed by atoms with Crippen LogP contribution in [0.4, 0.5) is 11.4 Å². The molecule has 0 saturated heterocycles. The second-order valence-corrected chi connectivity index (χ2v) is 9.65. The van der Waals surface area contributed by atoms with E-state index in [9.17, 15) is 9.59 Å². The molecule has 0 atom stereocenters. The van der Waals surface area contributed by atoms with Gasteiger partial charge >= 0.3 is 0 Å². The first-order valence-corrected chi connectivity index (χ1v) is 11.9. The van der Waals surface area contributed by atoms with Crippen LogP contribution in [-0.2, 0) is 4.79 Å². The maximum atomic E-state index is 12.9. The third-order valence-corrected chi connectivity index (χ3v) is 5.85. The summed E-state index contributed by atoms with van der Waals surface area (Å²) < 4.78 is 6.61. The molecule has 0 spiro atoms. The quantitative estimate of drug-likeness (QED) is 0.393. The molecule has 0 aromatic heterocycles. The Balaban J connectivity index is 1.65. The molecular weight excluding hydrogens is 490 g/mol. The van der Waals surface area contributed by atoms with E-state index in [2.05, 4.69) is 45.7 Å². The normalized spacial score (nSPS) is 12.9. The number of ether oxygens (including phenoxy) is 1. The Bertz CT molecular complexity index is 1020. The summed E-state index contributed by atoms with van der Waals surface area (Å²) in [6.07, 6.45) is 2.78. The molecule has 32 heavy (non-hydrogen) atoms. The van der Waals surface area contributed by atoms with Gasteiger partial charge in [0.05, 0.1) is 12.2 Å². The lowest BCUT2D eigenvalue weighted by Crippen LogP contribution is -2.34. The first-order chi connectivity index (χ1) is 15.2. The van der Waals surface area contributed by atoms with Gasteiger partial charge < -0.3 is 15.4 Å². The summed E-state index contributed by atoms with van der Waals surface area (Å²) in [6.45, 7) is 6.67. The Hall–Kier alpha value is -2.45. The molecule has 2 aromatic carbocycles. The standard InChI is InChI=1S/C24H28BrN3O3S/c1-14(2)11-12-31-21-10-9-17(25)13-18(21)23(30)28-24(32)27-20-6-4-5-19(15(20)3)26-22(29)16-7-8-16/h4-6,9-10,13-14,16H,7-8,11-12H2,1-3H3,(H,26,29)(H2,27,28,30,32). The van der Waals surface area contributed by atoms with E-state index in [-0.39, 0.29) is 22.8 Å². The predicted octanol–water partition coefficient (Wildman–Crippen LogP) is 5.66. The van der Waals surface area contributed by atoms with Gasteiger partial charge in [-0.15, -0.1) is 0 Å². The highest BCUT2D eigenvalue weighted by Crippen LogP contribution is 2.31. The fourth-order valence-corrected chi connectivity index (χ4v) is 3.58. The molecule has 8 heteroatoms. The van der Waals surface area contributed by atoms with E-state index < -0.39 is 0 Å². The van der Waals surface area contributed by atoms with Crippen LogP contribution in [0.15, 0.2) is 40.9 Å². The van der Waals surface area contributed by atoms with E-state index in [1.54, 1.807) is 12.1 Å². The highest BCUT2D eigenvalue weighted by molar-refractivity contribution is 9.10. The van der Waals surface area contributed by atoms with Gasteiger partial charge in [-0.25, -0.2) is 0 Å². The van der Waals surface area contributed by atoms with Gasteiger partial charge in [-0.3, -0.25) is 14.9 Å². The number of amides is 2. The number of carbonyl (C=O) groups is 2. The molecular formula is C24H28BrN3O3S. The number of halogens is 1. The van der Waals surface area contributed by atoms with Gasteiger partial charge in [0.2, 0.25) is 5.91 Å². The zero-order valence-corrected chi connectivity index (χ0v) is 20.9. The lowest BCUT2D eigenvalue weighted by molar-refractivity contribution is -0.117. The highest BCUT2D eigenvalue weighted by Gasteiger charge is 2.29. The topological polar surface area (TPSA) is 79.5 Å². The molecule has 0 bridgehead atoms. The Morgan fingerprint density at radius 3 is 2.50 bits per heavy atom. The van der Waals surface area contributed by atoms with Crippen LogP contribution in [0.1, 0.15) is 49.0 Å². The molecule has 1 saturated carbocycles. The monoisotopic (exact) mass is 517 g/mol. The average molecular weight is 518 g/mol. The van der Waals surface area contributed by atoms with Crippen molar-refractivity contribution in [3.63, 3.8) is 0 Å². The van der Waals surface area contributed by atoms with Crippen LogP contribution in [0.5, 0.6) is 5.75 Å². The maximum absolute atomic E-state index is 12.9. The minimum absolute atomic E-state index is 0.0424. The van der Waals surface area contributed by atoms with E-state index in [0.717, 1.165) is 35.0 Å². The molecule has 1 fully saturated rings. The zero-order valence-electron chi connectivity index (χ0n) is 18.5. The largest absolute Gasteiger partial charge is 0.493 e. The molecule has 6 nitrogen and oxygen atoms in total. The fourth-order valence-electron chi connectivity index (χ4n) is 3.02. The van der Waals surface area contributed by atoms with Crippen molar-refractivity contribution >= 4 is 56.4 Å². The Kier molecular flexibility index (Phi) is 8.26. The van der Waals surface area contributed by atoms with Crippen molar-refractivity contribution in [2.45, 2.75) is 40.0 Å². The van der Waals surface area contributed by atoms with Crippen molar-refractivity contribution in [2.24, 2.45) is 11.8 Å². The van der Waals surface area contributed by atoms with Gasteiger partial charge in [0.1, 0.15) is 5.75 Å². The third-order valence-electron chi connectivity index (χ3n) is 5.15. The SMILES string of the molecule is Cc1c(NC(=O)C2CC2)cccc1NC(=S)NC(=O)c1cc(Br)ccc1OCCC(C)C. The molecule has 170 valence electrons. The minimum atomic E-state index is -0.362. The van der Waals surface area contributed by atoms with E-state index in [1.807, 2.05) is 31.2 Å². The Labute approximate surface area is 202 Å². The first kappa shape index (κ1) is 24.2. The molecule has 2 aromatic rings. The van der Waals surface area contributed by atoms with E-state index in [4.69, 9.17) is 17.0 Å². The van der Waals surface area contributed by atoms with E-state index in [1.165, 1.54) is 0 Å². The molecule has 0 unspecified atom stereocenters. The molecule has 3 rings (SSSR count). The number of hydrogen-bond acceptors (Lipinski definition) is 4. The number of thiocarbonyl (C=S) groups is 1. The Morgan fingerprint density at radius 1 is 1.16 bits per heavy atom. The maximum Gasteiger partial charge on any atom is 0.261 e. The smallest absolute Gasteiger partial charge is 0.261 e. The summed E-state index contributed by atoms with van der Waals surface area (Å²) >= 11 is 8.78. The summed E-state index contributed by atoms with van der Waals surface area (Å²) in [4.78, 5) is 25.0. The average Bonchev–Trinajstić information content (AvgIpc) is 3.57. The van der Waals surface area contributed by atoms with Crippen LogP contribution in [0.25, 0.3) is 0 Å². The summed E-state index contributed by atoms with van der Waals surface area (Å²) in [5.41, 5.74) is 2.69. The van der Waals surface area contributed by atoms with Gasteiger partial charge in [0, 0.05) is 21.8 Å². The summed E-state index contributed by atoms with van der Waals surface area (Å²) in [7, 11) is 0. The Morgan fingerprint density at radius 2 is 1.84 bits per heavy atom. The molecule has 0 heterocycles. The van der Waals surface area contributed by atoms with Crippen molar-refractivity contribution < 1.29 is 14.3 Å². The minimum Gasteiger partial charge on any atom is -0.493 e. The van der Waals surface area contributed by atoms with Crippen LogP contribution in [0.3, 0.4) is 0 Å². The molecule has 3 N–H and O–H groups in total. The number of rotatable bonds is 8. The van der Waals surface area contributed by atoms with Crippen LogP contribution in [0, 0.1) is 18.8 Å². The molecule has 2 amide bonds. The zero-order chi connectivity index (χ0) is 23.3. The number of carbonyl (C=O) groups excluding carboxylic acids is 2. The predicted molar refractivity (Wildman–Crippen MR) is 135 cm³/mol. The number of nitrogens with one attached hydrogen (secondary N) is 3. The van der Waals surface area contributed by atoms with E-state index >= 15 is 0 Å². The molecule has 0 radical (unpaired) electrons. The van der Waals surface area contributed by atoms with Crippen molar-refractivity contribution in [3.8, 4) is 5.75 Å². The molecule has 1 aliphatic rings. The second kappa shape index (κ2) is 10.9. The van der Waals surface area contributed by atoms with Gasteiger partial charge in [-0.1, -0.05) is 35.8 Å². The van der Waals surface area contributed by atoms with Crippen molar-refractivity contribution in [3.05, 3.63) is 52.0 Å². The lowest BCUT2D eigenvalue weighted by Gasteiger charge is -2.16. The summed E-state index contributed by atoms with van der Waals surface area (Å²) in [6, 6.07) is 10.8. The fraction of sp³-hybridized carbons (Fsp3) is 0.375.